The van der Waals surface area contributed by atoms with E-state index in [2.05, 4.69) is 16.6 Å². The van der Waals surface area contributed by atoms with Crippen molar-refractivity contribution in [2.45, 2.75) is 50.0 Å². The lowest BCUT2D eigenvalue weighted by Gasteiger charge is -2.31. The summed E-state index contributed by atoms with van der Waals surface area (Å²) >= 11 is 0. The molecule has 2 rings (SSSR count). The summed E-state index contributed by atoms with van der Waals surface area (Å²) in [6.07, 6.45) is 8.04. The third-order valence-corrected chi connectivity index (χ3v) is 5.38. The van der Waals surface area contributed by atoms with Crippen LogP contribution in [0.25, 0.3) is 0 Å². The number of nitrogens with zero attached hydrogens (tertiary/aromatic N) is 1. The highest BCUT2D eigenvalue weighted by Gasteiger charge is 2.29. The molecule has 1 aromatic heterocycles. The van der Waals surface area contributed by atoms with Crippen molar-refractivity contribution in [2.24, 2.45) is 5.92 Å². The quantitative estimate of drug-likeness (QED) is 0.884. The minimum absolute atomic E-state index is 0.0170. The summed E-state index contributed by atoms with van der Waals surface area (Å²) in [4.78, 5) is 3.92. The third-order valence-electron chi connectivity index (χ3n) is 3.85. The number of rotatable bonds is 4. The first-order chi connectivity index (χ1) is 9.04. The summed E-state index contributed by atoms with van der Waals surface area (Å²) in [6.45, 7) is 2.11. The minimum Gasteiger partial charge on any atom is -0.398 e. The molecule has 0 bridgehead atoms. The Balaban J connectivity index is 2.19. The average molecular weight is 283 g/mol. The predicted molar refractivity (Wildman–Crippen MR) is 75.0 cm³/mol. The number of nitrogen functional groups attached to an aromatic ring is 1. The molecule has 2 unspecified atom stereocenters. The van der Waals surface area contributed by atoms with Crippen LogP contribution in [0.5, 0.6) is 0 Å². The molecular formula is C13H21N3O2S. The first-order valence-corrected chi connectivity index (χ1v) is 8.24. The standard InChI is InChI=1S/C13H21N3O2S/c1-2-10-5-3-4-6-12(10)16-19(17,18)13-9-15-8-7-11(13)14/h7-10,12,16H,2-6H2,1H3,(H2,14,15). The first-order valence-electron chi connectivity index (χ1n) is 6.76. The number of aromatic nitrogens is 1. The Kier molecular flexibility index (Phi) is 4.42. The molecule has 2 atom stereocenters. The van der Waals surface area contributed by atoms with Gasteiger partial charge in [0.25, 0.3) is 0 Å². The van der Waals surface area contributed by atoms with Gasteiger partial charge in [-0.05, 0) is 24.8 Å². The van der Waals surface area contributed by atoms with Crippen molar-refractivity contribution in [1.82, 2.24) is 9.71 Å². The van der Waals surface area contributed by atoms with Gasteiger partial charge in [-0.1, -0.05) is 26.2 Å². The largest absolute Gasteiger partial charge is 0.398 e. The topological polar surface area (TPSA) is 85.1 Å². The van der Waals surface area contributed by atoms with Crippen LogP contribution in [0.2, 0.25) is 0 Å². The monoisotopic (exact) mass is 283 g/mol. The van der Waals surface area contributed by atoms with Crippen molar-refractivity contribution in [3.05, 3.63) is 18.5 Å². The molecule has 0 spiro atoms. The molecule has 0 amide bonds. The van der Waals surface area contributed by atoms with Gasteiger partial charge in [0.1, 0.15) is 4.90 Å². The molecule has 1 aliphatic carbocycles. The zero-order valence-corrected chi connectivity index (χ0v) is 12.0. The number of hydrogen-bond acceptors (Lipinski definition) is 4. The smallest absolute Gasteiger partial charge is 0.244 e. The minimum atomic E-state index is -3.57. The number of hydrogen-bond donors (Lipinski definition) is 2. The summed E-state index contributed by atoms with van der Waals surface area (Å²) in [6, 6.07) is 1.52. The van der Waals surface area contributed by atoms with Crippen LogP contribution in [-0.4, -0.2) is 19.4 Å². The van der Waals surface area contributed by atoms with Crippen LogP contribution in [0, 0.1) is 5.92 Å². The van der Waals surface area contributed by atoms with E-state index in [0.717, 1.165) is 25.7 Å². The van der Waals surface area contributed by atoms with Crippen LogP contribution in [0.3, 0.4) is 0 Å². The fourth-order valence-electron chi connectivity index (χ4n) is 2.73. The van der Waals surface area contributed by atoms with Gasteiger partial charge in [-0.15, -0.1) is 0 Å². The van der Waals surface area contributed by atoms with Crippen LogP contribution in [-0.2, 0) is 10.0 Å². The van der Waals surface area contributed by atoms with Crippen molar-refractivity contribution in [1.29, 1.82) is 0 Å². The highest BCUT2D eigenvalue weighted by atomic mass is 32.2. The first kappa shape index (κ1) is 14.3. The maximum absolute atomic E-state index is 12.4. The summed E-state index contributed by atoms with van der Waals surface area (Å²) in [5.74, 6) is 0.418. The molecule has 19 heavy (non-hydrogen) atoms. The van der Waals surface area contributed by atoms with Gasteiger partial charge in [0.15, 0.2) is 0 Å². The Bertz CT molecular complexity index is 530. The van der Waals surface area contributed by atoms with Crippen LogP contribution >= 0.6 is 0 Å². The molecule has 1 saturated carbocycles. The van der Waals surface area contributed by atoms with E-state index in [0.29, 0.717) is 5.92 Å². The lowest BCUT2D eigenvalue weighted by atomic mass is 9.83. The van der Waals surface area contributed by atoms with Gasteiger partial charge in [0.05, 0.1) is 5.69 Å². The number of nitrogens with one attached hydrogen (secondary N) is 1. The number of nitrogens with two attached hydrogens (primary N) is 1. The van der Waals surface area contributed by atoms with E-state index in [9.17, 15) is 8.42 Å². The van der Waals surface area contributed by atoms with Gasteiger partial charge in [-0.2, -0.15) is 0 Å². The fraction of sp³-hybridized carbons (Fsp3) is 0.615. The molecule has 106 valence electrons. The zero-order chi connectivity index (χ0) is 13.9. The second-order valence-electron chi connectivity index (χ2n) is 5.09. The van der Waals surface area contributed by atoms with E-state index in [1.807, 2.05) is 0 Å². The SMILES string of the molecule is CCC1CCCCC1NS(=O)(=O)c1cnccc1N. The van der Waals surface area contributed by atoms with Gasteiger partial charge in [-0.25, -0.2) is 13.1 Å². The van der Waals surface area contributed by atoms with E-state index < -0.39 is 10.0 Å². The van der Waals surface area contributed by atoms with Crippen molar-refractivity contribution >= 4 is 15.7 Å². The lowest BCUT2D eigenvalue weighted by Crippen LogP contribution is -2.42. The normalized spacial score (nSPS) is 24.3. The summed E-state index contributed by atoms with van der Waals surface area (Å²) in [7, 11) is -3.57. The highest BCUT2D eigenvalue weighted by molar-refractivity contribution is 7.89. The van der Waals surface area contributed by atoms with Gasteiger partial charge < -0.3 is 5.73 Å². The van der Waals surface area contributed by atoms with Crippen LogP contribution < -0.4 is 10.5 Å². The number of sulfonamides is 1. The molecule has 1 aromatic rings. The van der Waals surface area contributed by atoms with E-state index in [1.165, 1.54) is 24.9 Å². The molecule has 0 radical (unpaired) electrons. The molecule has 3 N–H and O–H groups in total. The van der Waals surface area contributed by atoms with Crippen LogP contribution in [0.1, 0.15) is 39.0 Å². The van der Waals surface area contributed by atoms with Crippen LogP contribution in [0.4, 0.5) is 5.69 Å². The fourth-order valence-corrected chi connectivity index (χ4v) is 4.14. The molecule has 0 aromatic carbocycles. The van der Waals surface area contributed by atoms with Gasteiger partial charge in [0.2, 0.25) is 10.0 Å². The molecule has 1 aliphatic rings. The molecule has 5 nitrogen and oxygen atoms in total. The highest BCUT2D eigenvalue weighted by Crippen LogP contribution is 2.28. The van der Waals surface area contributed by atoms with Gasteiger partial charge >= 0.3 is 0 Å². The second kappa shape index (κ2) is 5.88. The Morgan fingerprint density at radius 1 is 1.42 bits per heavy atom. The molecule has 6 heteroatoms. The molecule has 1 heterocycles. The van der Waals surface area contributed by atoms with E-state index in [4.69, 9.17) is 5.73 Å². The van der Waals surface area contributed by atoms with Gasteiger partial charge in [-0.3, -0.25) is 4.98 Å². The van der Waals surface area contributed by atoms with Crippen molar-refractivity contribution in [3.8, 4) is 0 Å². The lowest BCUT2D eigenvalue weighted by molar-refractivity contribution is 0.282. The van der Waals surface area contributed by atoms with Gasteiger partial charge in [0, 0.05) is 18.4 Å². The molecule has 0 aliphatic heterocycles. The summed E-state index contributed by atoms with van der Waals surface area (Å²) in [5.41, 5.74) is 5.96. The Morgan fingerprint density at radius 2 is 2.16 bits per heavy atom. The van der Waals surface area contributed by atoms with Crippen molar-refractivity contribution < 1.29 is 8.42 Å². The molecule has 0 saturated heterocycles. The van der Waals surface area contributed by atoms with E-state index in [-0.39, 0.29) is 16.6 Å². The summed E-state index contributed by atoms with van der Waals surface area (Å²) in [5, 5.41) is 0. The Labute approximate surface area is 114 Å². The Morgan fingerprint density at radius 3 is 2.84 bits per heavy atom. The van der Waals surface area contributed by atoms with Crippen molar-refractivity contribution in [3.63, 3.8) is 0 Å². The maximum atomic E-state index is 12.4. The Hall–Kier alpha value is -1.14. The number of pyridine rings is 1. The van der Waals surface area contributed by atoms with E-state index >= 15 is 0 Å². The predicted octanol–water partition coefficient (Wildman–Crippen LogP) is 1.91. The molecule has 1 fully saturated rings. The zero-order valence-electron chi connectivity index (χ0n) is 11.2. The van der Waals surface area contributed by atoms with E-state index in [1.54, 1.807) is 0 Å². The second-order valence-corrected chi connectivity index (χ2v) is 6.78. The third kappa shape index (κ3) is 3.25. The maximum Gasteiger partial charge on any atom is 0.244 e. The van der Waals surface area contributed by atoms with Crippen LogP contribution in [0.15, 0.2) is 23.4 Å². The molecular weight excluding hydrogens is 262 g/mol. The average Bonchev–Trinajstić information content (AvgIpc) is 2.39. The van der Waals surface area contributed by atoms with Crippen molar-refractivity contribution in [2.75, 3.05) is 5.73 Å². The summed E-state index contributed by atoms with van der Waals surface area (Å²) < 4.78 is 27.5. The number of anilines is 1.